The Balaban J connectivity index is 2.33. The fraction of sp³-hybridized carbons (Fsp3) is 0.571. The zero-order valence-corrected chi connectivity index (χ0v) is 13.5. The first-order valence-corrected chi connectivity index (χ1v) is 8.85. The Morgan fingerprint density at radius 2 is 1.95 bits per heavy atom. The Morgan fingerprint density at radius 3 is 2.52 bits per heavy atom. The summed E-state index contributed by atoms with van der Waals surface area (Å²) in [6, 6.07) is 2.27. The summed E-state index contributed by atoms with van der Waals surface area (Å²) in [6.45, 7) is 1.87. The van der Waals surface area contributed by atoms with Crippen molar-refractivity contribution in [1.29, 1.82) is 0 Å². The van der Waals surface area contributed by atoms with E-state index in [9.17, 15) is 12.8 Å². The molecule has 0 amide bonds. The van der Waals surface area contributed by atoms with Crippen LogP contribution in [0.1, 0.15) is 44.6 Å². The zero-order valence-electron chi connectivity index (χ0n) is 12.0. The van der Waals surface area contributed by atoms with E-state index in [1.165, 1.54) is 6.07 Å². The van der Waals surface area contributed by atoms with Crippen LogP contribution in [0.3, 0.4) is 0 Å². The lowest BCUT2D eigenvalue weighted by atomic mass is 9.84. The van der Waals surface area contributed by atoms with Crippen LogP contribution >= 0.6 is 11.6 Å². The summed E-state index contributed by atoms with van der Waals surface area (Å²) in [7, 11) is -3.79. The van der Waals surface area contributed by atoms with Gasteiger partial charge in [0.05, 0.1) is 9.92 Å². The molecule has 0 heterocycles. The van der Waals surface area contributed by atoms with Crippen LogP contribution in [0.25, 0.3) is 0 Å². The number of hydrogen-bond acceptors (Lipinski definition) is 3. The van der Waals surface area contributed by atoms with E-state index < -0.39 is 21.4 Å². The van der Waals surface area contributed by atoms with Gasteiger partial charge < -0.3 is 5.73 Å². The highest BCUT2D eigenvalue weighted by molar-refractivity contribution is 7.89. The molecule has 2 rings (SSSR count). The lowest BCUT2D eigenvalue weighted by Gasteiger charge is -2.34. The van der Waals surface area contributed by atoms with Gasteiger partial charge in [0.1, 0.15) is 5.82 Å². The lowest BCUT2D eigenvalue weighted by molar-refractivity contribution is 0.294. The normalized spacial score (nSPS) is 18.7. The number of nitrogens with one attached hydrogen (secondary N) is 1. The third kappa shape index (κ3) is 3.74. The summed E-state index contributed by atoms with van der Waals surface area (Å²) in [5, 5.41) is -0.125. The molecule has 0 spiro atoms. The monoisotopic (exact) mass is 334 g/mol. The Bertz CT molecular complexity index is 628. The number of benzene rings is 1. The first-order valence-electron chi connectivity index (χ1n) is 6.99. The number of hydrogen-bond donors (Lipinski definition) is 2. The van der Waals surface area contributed by atoms with E-state index in [0.717, 1.165) is 38.2 Å². The SMILES string of the molecule is CC1(NS(=O)(=O)c2cc(F)c(Cl)c(CN)c2)CCCCC1. The van der Waals surface area contributed by atoms with Gasteiger partial charge in [-0.05, 0) is 37.5 Å². The van der Waals surface area contributed by atoms with Crippen molar-refractivity contribution in [2.75, 3.05) is 0 Å². The second-order valence-electron chi connectivity index (χ2n) is 5.81. The van der Waals surface area contributed by atoms with E-state index in [4.69, 9.17) is 17.3 Å². The van der Waals surface area contributed by atoms with Gasteiger partial charge in [0, 0.05) is 12.1 Å². The molecule has 1 fully saturated rings. The van der Waals surface area contributed by atoms with Crippen LogP contribution in [0.4, 0.5) is 4.39 Å². The number of rotatable bonds is 4. The smallest absolute Gasteiger partial charge is 0.241 e. The second-order valence-corrected chi connectivity index (χ2v) is 7.87. The Hall–Kier alpha value is -0.690. The fourth-order valence-electron chi connectivity index (χ4n) is 2.74. The molecule has 0 saturated heterocycles. The highest BCUT2D eigenvalue weighted by Gasteiger charge is 2.32. The van der Waals surface area contributed by atoms with Crippen molar-refractivity contribution in [1.82, 2.24) is 4.72 Å². The third-order valence-corrected chi connectivity index (χ3v) is 5.99. The van der Waals surface area contributed by atoms with E-state index in [-0.39, 0.29) is 22.0 Å². The second kappa shape index (κ2) is 6.20. The molecule has 0 radical (unpaired) electrons. The van der Waals surface area contributed by atoms with Gasteiger partial charge in [-0.2, -0.15) is 0 Å². The molecule has 1 aromatic carbocycles. The number of nitrogens with two attached hydrogens (primary N) is 1. The first-order chi connectivity index (χ1) is 9.77. The molecule has 0 aliphatic heterocycles. The lowest BCUT2D eigenvalue weighted by Crippen LogP contribution is -2.47. The van der Waals surface area contributed by atoms with Crippen molar-refractivity contribution >= 4 is 21.6 Å². The molecular formula is C14H20ClFN2O2S. The number of sulfonamides is 1. The summed E-state index contributed by atoms with van der Waals surface area (Å²) in [5.74, 6) is -0.770. The molecule has 0 bridgehead atoms. The average Bonchev–Trinajstić information content (AvgIpc) is 2.41. The summed E-state index contributed by atoms with van der Waals surface area (Å²) in [6.07, 6.45) is 4.66. The molecule has 21 heavy (non-hydrogen) atoms. The van der Waals surface area contributed by atoms with Gasteiger partial charge in [0.15, 0.2) is 0 Å². The highest BCUT2D eigenvalue weighted by Crippen LogP contribution is 2.30. The summed E-state index contributed by atoms with van der Waals surface area (Å²) in [4.78, 5) is -0.128. The zero-order chi connectivity index (χ0) is 15.7. The maximum absolute atomic E-state index is 13.8. The standard InChI is InChI=1S/C14H20ClFN2O2S/c1-14(5-3-2-4-6-14)18-21(19,20)11-7-10(9-17)13(15)12(16)8-11/h7-8,18H,2-6,9,17H2,1H3. The van der Waals surface area contributed by atoms with Crippen molar-refractivity contribution in [3.63, 3.8) is 0 Å². The largest absolute Gasteiger partial charge is 0.326 e. The molecule has 0 unspecified atom stereocenters. The molecule has 0 atom stereocenters. The van der Waals surface area contributed by atoms with E-state index in [1.807, 2.05) is 6.92 Å². The summed E-state index contributed by atoms with van der Waals surface area (Å²) < 4.78 is 41.4. The molecule has 1 aliphatic rings. The quantitative estimate of drug-likeness (QED) is 0.889. The maximum atomic E-state index is 13.8. The van der Waals surface area contributed by atoms with Crippen molar-refractivity contribution in [3.8, 4) is 0 Å². The topological polar surface area (TPSA) is 72.2 Å². The molecular weight excluding hydrogens is 315 g/mol. The Kier molecular flexibility index (Phi) is 4.92. The van der Waals surface area contributed by atoms with Crippen molar-refractivity contribution in [3.05, 3.63) is 28.5 Å². The third-order valence-electron chi connectivity index (χ3n) is 3.95. The minimum absolute atomic E-state index is 0.0175. The predicted molar refractivity (Wildman–Crippen MR) is 81.1 cm³/mol. The van der Waals surface area contributed by atoms with Gasteiger partial charge in [0.25, 0.3) is 0 Å². The van der Waals surface area contributed by atoms with E-state index in [2.05, 4.69) is 4.72 Å². The molecule has 4 nitrogen and oxygen atoms in total. The van der Waals surface area contributed by atoms with Crippen LogP contribution in [0.15, 0.2) is 17.0 Å². The van der Waals surface area contributed by atoms with Crippen molar-refractivity contribution in [2.45, 2.75) is 56.0 Å². The van der Waals surface area contributed by atoms with Crippen LogP contribution in [-0.2, 0) is 16.6 Å². The molecule has 7 heteroatoms. The fourth-order valence-corrected chi connectivity index (χ4v) is 4.45. The van der Waals surface area contributed by atoms with Crippen molar-refractivity contribution in [2.24, 2.45) is 5.73 Å². The van der Waals surface area contributed by atoms with E-state index in [1.54, 1.807) is 0 Å². The molecule has 3 N–H and O–H groups in total. The van der Waals surface area contributed by atoms with Gasteiger partial charge in [-0.25, -0.2) is 17.5 Å². The maximum Gasteiger partial charge on any atom is 0.241 e. The van der Waals surface area contributed by atoms with Gasteiger partial charge in [-0.3, -0.25) is 0 Å². The summed E-state index contributed by atoms with van der Waals surface area (Å²) in [5.41, 5.74) is 5.28. The summed E-state index contributed by atoms with van der Waals surface area (Å²) >= 11 is 5.76. The Labute approximate surface area is 129 Å². The minimum Gasteiger partial charge on any atom is -0.326 e. The molecule has 1 aliphatic carbocycles. The minimum atomic E-state index is -3.79. The van der Waals surface area contributed by atoms with Crippen LogP contribution in [0.5, 0.6) is 0 Å². The van der Waals surface area contributed by atoms with Crippen LogP contribution in [0, 0.1) is 5.82 Å². The van der Waals surface area contributed by atoms with Gasteiger partial charge >= 0.3 is 0 Å². The molecule has 0 aromatic heterocycles. The molecule has 1 aromatic rings. The average molecular weight is 335 g/mol. The first kappa shape index (κ1) is 16.7. The van der Waals surface area contributed by atoms with Crippen LogP contribution in [0.2, 0.25) is 5.02 Å². The van der Waals surface area contributed by atoms with Gasteiger partial charge in [-0.1, -0.05) is 30.9 Å². The molecule has 1 saturated carbocycles. The highest BCUT2D eigenvalue weighted by atomic mass is 35.5. The van der Waals surface area contributed by atoms with Crippen LogP contribution < -0.4 is 10.5 Å². The Morgan fingerprint density at radius 1 is 1.33 bits per heavy atom. The van der Waals surface area contributed by atoms with Crippen molar-refractivity contribution < 1.29 is 12.8 Å². The number of halogens is 2. The van der Waals surface area contributed by atoms with Crippen LogP contribution in [-0.4, -0.2) is 14.0 Å². The van der Waals surface area contributed by atoms with Gasteiger partial charge in [0.2, 0.25) is 10.0 Å². The molecule has 118 valence electrons. The van der Waals surface area contributed by atoms with E-state index >= 15 is 0 Å². The van der Waals surface area contributed by atoms with E-state index in [0.29, 0.717) is 0 Å². The predicted octanol–water partition coefficient (Wildman–Crippen LogP) is 2.94. The van der Waals surface area contributed by atoms with Gasteiger partial charge in [-0.15, -0.1) is 0 Å².